The zero-order valence-electron chi connectivity index (χ0n) is 10.7. The first-order valence-electron chi connectivity index (χ1n) is 5.81. The van der Waals surface area contributed by atoms with E-state index in [4.69, 9.17) is 5.73 Å². The molecule has 0 saturated heterocycles. The Balaban J connectivity index is 2.67. The summed E-state index contributed by atoms with van der Waals surface area (Å²) < 4.78 is 4.68. The van der Waals surface area contributed by atoms with Crippen LogP contribution in [0.3, 0.4) is 0 Å². The van der Waals surface area contributed by atoms with Crippen LogP contribution in [0.25, 0.3) is 10.9 Å². The van der Waals surface area contributed by atoms with Crippen molar-refractivity contribution in [2.45, 2.75) is 19.8 Å². The first-order chi connectivity index (χ1) is 8.54. The third-order valence-electron chi connectivity index (χ3n) is 3.01. The summed E-state index contributed by atoms with van der Waals surface area (Å²) in [5, 5.41) is 0.795. The van der Waals surface area contributed by atoms with Crippen LogP contribution in [-0.2, 0) is 4.74 Å². The zero-order valence-corrected chi connectivity index (χ0v) is 10.7. The third kappa shape index (κ3) is 2.01. The van der Waals surface area contributed by atoms with Crippen molar-refractivity contribution in [3.8, 4) is 0 Å². The van der Waals surface area contributed by atoms with Crippen molar-refractivity contribution < 1.29 is 9.53 Å². The molecule has 0 radical (unpaired) electrons. The maximum Gasteiger partial charge on any atom is 0.341 e. The van der Waals surface area contributed by atoms with Gasteiger partial charge in [-0.1, -0.05) is 19.9 Å². The molecule has 1 heterocycles. The van der Waals surface area contributed by atoms with Gasteiger partial charge in [0.25, 0.3) is 0 Å². The average Bonchev–Trinajstić information content (AvgIpc) is 2.38. The molecule has 4 heteroatoms. The Bertz CT molecular complexity index is 606. The average molecular weight is 244 g/mol. The molecule has 0 unspecified atom stereocenters. The highest BCUT2D eigenvalue weighted by atomic mass is 16.5. The summed E-state index contributed by atoms with van der Waals surface area (Å²) in [6.07, 6.45) is 1.46. The van der Waals surface area contributed by atoms with E-state index < -0.39 is 5.97 Å². The molecule has 4 nitrogen and oxygen atoms in total. The minimum atomic E-state index is -0.461. The predicted molar refractivity (Wildman–Crippen MR) is 71.6 cm³/mol. The number of benzene rings is 1. The normalized spacial score (nSPS) is 10.9. The van der Waals surface area contributed by atoms with E-state index in [1.54, 1.807) is 0 Å². The number of nitrogens with two attached hydrogens (primary N) is 1. The summed E-state index contributed by atoms with van der Waals surface area (Å²) >= 11 is 0. The van der Waals surface area contributed by atoms with Crippen LogP contribution in [0.5, 0.6) is 0 Å². The molecule has 0 spiro atoms. The van der Waals surface area contributed by atoms with Gasteiger partial charge in [0.2, 0.25) is 0 Å². The molecule has 0 aliphatic rings. The van der Waals surface area contributed by atoms with Crippen molar-refractivity contribution in [3.63, 3.8) is 0 Å². The number of carbonyl (C=O) groups is 1. The molecular weight excluding hydrogens is 228 g/mol. The fraction of sp³-hybridized carbons (Fsp3) is 0.286. The maximum atomic E-state index is 11.6. The molecule has 0 atom stereocenters. The highest BCUT2D eigenvalue weighted by molar-refractivity contribution is 6.04. The Hall–Kier alpha value is -2.10. The summed E-state index contributed by atoms with van der Waals surface area (Å²) in [5.41, 5.74) is 8.71. The number of nitrogens with zero attached hydrogens (tertiary/aromatic N) is 1. The molecular formula is C14H16N2O2. The van der Waals surface area contributed by atoms with Gasteiger partial charge in [0, 0.05) is 11.6 Å². The largest absolute Gasteiger partial charge is 0.465 e. The lowest BCUT2D eigenvalue weighted by Gasteiger charge is -2.10. The number of anilines is 1. The van der Waals surface area contributed by atoms with Gasteiger partial charge < -0.3 is 10.5 Å². The number of nitrogen functional groups attached to an aromatic ring is 1. The van der Waals surface area contributed by atoms with Crippen molar-refractivity contribution in [1.82, 2.24) is 4.98 Å². The van der Waals surface area contributed by atoms with Crippen molar-refractivity contribution >= 4 is 22.6 Å². The van der Waals surface area contributed by atoms with Gasteiger partial charge in [-0.15, -0.1) is 0 Å². The smallest absolute Gasteiger partial charge is 0.341 e. The second-order valence-electron chi connectivity index (χ2n) is 4.51. The van der Waals surface area contributed by atoms with Gasteiger partial charge in [-0.05, 0) is 23.6 Å². The van der Waals surface area contributed by atoms with Crippen LogP contribution in [0.15, 0.2) is 24.4 Å². The molecule has 94 valence electrons. The van der Waals surface area contributed by atoms with Crippen molar-refractivity contribution in [3.05, 3.63) is 35.5 Å². The number of hydrogen-bond donors (Lipinski definition) is 1. The number of pyridine rings is 1. The van der Waals surface area contributed by atoms with E-state index in [0.29, 0.717) is 17.2 Å². The number of carbonyl (C=O) groups excluding carboxylic acids is 1. The van der Waals surface area contributed by atoms with Crippen LogP contribution in [0, 0.1) is 0 Å². The Morgan fingerprint density at radius 2 is 2.11 bits per heavy atom. The molecule has 0 amide bonds. The minimum absolute atomic E-state index is 0.311. The molecule has 0 aliphatic carbocycles. The molecule has 0 saturated carbocycles. The van der Waals surface area contributed by atoms with Crippen molar-refractivity contribution in [2.24, 2.45) is 0 Å². The van der Waals surface area contributed by atoms with Crippen molar-refractivity contribution in [2.75, 3.05) is 12.8 Å². The number of hydrogen-bond acceptors (Lipinski definition) is 4. The van der Waals surface area contributed by atoms with E-state index >= 15 is 0 Å². The second kappa shape index (κ2) is 4.64. The Kier molecular flexibility index (Phi) is 3.19. The highest BCUT2D eigenvalue weighted by Crippen LogP contribution is 2.27. The van der Waals surface area contributed by atoms with Gasteiger partial charge in [0.1, 0.15) is 5.56 Å². The fourth-order valence-electron chi connectivity index (χ4n) is 1.86. The predicted octanol–water partition coefficient (Wildman–Crippen LogP) is 2.73. The van der Waals surface area contributed by atoms with Gasteiger partial charge in [-0.3, -0.25) is 4.98 Å². The summed E-state index contributed by atoms with van der Waals surface area (Å²) in [7, 11) is 1.33. The molecule has 2 N–H and O–H groups in total. The summed E-state index contributed by atoms with van der Waals surface area (Å²) in [6.45, 7) is 4.21. The Labute approximate surface area is 106 Å². The van der Waals surface area contributed by atoms with E-state index in [-0.39, 0.29) is 0 Å². The standard InChI is InChI=1S/C14H16N2O2/c1-8(2)9-4-5-12-10(6-9)13(15)11(7-16-12)14(17)18-3/h4-8H,1-3H3,(H2,15,16). The number of rotatable bonds is 2. The van der Waals surface area contributed by atoms with Crippen LogP contribution in [0.2, 0.25) is 0 Å². The minimum Gasteiger partial charge on any atom is -0.465 e. The maximum absolute atomic E-state index is 11.6. The highest BCUT2D eigenvalue weighted by Gasteiger charge is 2.14. The molecule has 0 bridgehead atoms. The fourth-order valence-corrected chi connectivity index (χ4v) is 1.86. The van der Waals surface area contributed by atoms with Crippen LogP contribution in [0.4, 0.5) is 5.69 Å². The summed E-state index contributed by atoms with van der Waals surface area (Å²) in [4.78, 5) is 15.8. The Morgan fingerprint density at radius 1 is 1.39 bits per heavy atom. The van der Waals surface area contributed by atoms with E-state index in [1.165, 1.54) is 13.3 Å². The molecule has 2 rings (SSSR count). The number of fused-ring (bicyclic) bond motifs is 1. The molecule has 1 aromatic heterocycles. The van der Waals surface area contributed by atoms with Gasteiger partial charge in [-0.25, -0.2) is 4.79 Å². The molecule has 1 aromatic carbocycles. The lowest BCUT2D eigenvalue weighted by atomic mass is 9.99. The monoisotopic (exact) mass is 244 g/mol. The first-order valence-corrected chi connectivity index (χ1v) is 5.81. The van der Waals surface area contributed by atoms with Gasteiger partial charge in [0.05, 0.1) is 18.3 Å². The quantitative estimate of drug-likeness (QED) is 0.825. The number of esters is 1. The molecule has 2 aromatic rings. The van der Waals surface area contributed by atoms with Gasteiger partial charge >= 0.3 is 5.97 Å². The lowest BCUT2D eigenvalue weighted by molar-refractivity contribution is 0.0601. The first kappa shape index (κ1) is 12.4. The van der Waals surface area contributed by atoms with Crippen molar-refractivity contribution in [1.29, 1.82) is 0 Å². The molecule has 0 aliphatic heterocycles. The van der Waals surface area contributed by atoms with Crippen LogP contribution in [0.1, 0.15) is 35.7 Å². The van der Waals surface area contributed by atoms with Crippen LogP contribution >= 0.6 is 0 Å². The van der Waals surface area contributed by atoms with Gasteiger partial charge in [0.15, 0.2) is 0 Å². The van der Waals surface area contributed by atoms with E-state index in [9.17, 15) is 4.79 Å². The molecule has 0 fully saturated rings. The zero-order chi connectivity index (χ0) is 13.3. The molecule has 18 heavy (non-hydrogen) atoms. The number of methoxy groups -OCH3 is 1. The summed E-state index contributed by atoms with van der Waals surface area (Å²) in [5.74, 6) is -0.0626. The Morgan fingerprint density at radius 3 is 2.72 bits per heavy atom. The SMILES string of the molecule is COC(=O)c1cnc2ccc(C(C)C)cc2c1N. The lowest BCUT2D eigenvalue weighted by Crippen LogP contribution is -2.07. The van der Waals surface area contributed by atoms with E-state index in [1.807, 2.05) is 18.2 Å². The van der Waals surface area contributed by atoms with Crippen LogP contribution in [-0.4, -0.2) is 18.1 Å². The van der Waals surface area contributed by atoms with Gasteiger partial charge in [-0.2, -0.15) is 0 Å². The number of aromatic nitrogens is 1. The topological polar surface area (TPSA) is 65.2 Å². The number of ether oxygens (including phenoxy) is 1. The summed E-state index contributed by atoms with van der Waals surface area (Å²) in [6, 6.07) is 5.92. The van der Waals surface area contributed by atoms with E-state index in [0.717, 1.165) is 16.5 Å². The third-order valence-corrected chi connectivity index (χ3v) is 3.01. The second-order valence-corrected chi connectivity index (χ2v) is 4.51. The van der Waals surface area contributed by atoms with E-state index in [2.05, 4.69) is 23.6 Å². The van der Waals surface area contributed by atoms with Crippen LogP contribution < -0.4 is 5.73 Å².